The van der Waals surface area contributed by atoms with Crippen LogP contribution in [0, 0.1) is 17.8 Å². The molecule has 0 saturated heterocycles. The van der Waals surface area contributed by atoms with Crippen LogP contribution in [0.1, 0.15) is 46.5 Å². The molecule has 0 fully saturated rings. The molecule has 22 heavy (non-hydrogen) atoms. The third-order valence-corrected chi connectivity index (χ3v) is 9.03. The van der Waals surface area contributed by atoms with Crippen molar-refractivity contribution in [1.29, 1.82) is 0 Å². The first-order chi connectivity index (χ1) is 9.90. The fourth-order valence-corrected chi connectivity index (χ4v) is 2.88. The van der Waals surface area contributed by atoms with Crippen LogP contribution in [0.4, 0.5) is 0 Å². The number of carboxylic acids is 2. The highest BCUT2D eigenvalue weighted by atomic mass is 28.4. The lowest BCUT2D eigenvalue weighted by atomic mass is 9.80. The maximum atomic E-state index is 11.3. The van der Waals surface area contributed by atoms with Gasteiger partial charge in [-0.1, -0.05) is 20.8 Å². The van der Waals surface area contributed by atoms with Crippen LogP contribution in [0.25, 0.3) is 0 Å². The Morgan fingerprint density at radius 2 is 1.64 bits per heavy atom. The first-order valence-electron chi connectivity index (χ1n) is 7.45. The lowest BCUT2D eigenvalue weighted by Gasteiger charge is -2.36. The molecule has 0 aromatic carbocycles. The lowest BCUT2D eigenvalue weighted by molar-refractivity contribution is -0.165. The Hall–Kier alpha value is -1.32. The summed E-state index contributed by atoms with van der Waals surface area (Å²) in [6.45, 7) is 11.2. The van der Waals surface area contributed by atoms with Gasteiger partial charge in [-0.15, -0.1) is 12.3 Å². The van der Waals surface area contributed by atoms with Gasteiger partial charge in [0.05, 0.1) is 0 Å². The third-order valence-electron chi connectivity index (χ3n) is 4.49. The Morgan fingerprint density at radius 3 is 2.00 bits per heavy atom. The van der Waals surface area contributed by atoms with Crippen molar-refractivity contribution in [3.8, 4) is 12.3 Å². The van der Waals surface area contributed by atoms with Crippen molar-refractivity contribution in [1.82, 2.24) is 0 Å². The minimum Gasteiger partial charge on any atom is -0.480 e. The van der Waals surface area contributed by atoms with Crippen LogP contribution in [0.3, 0.4) is 0 Å². The van der Waals surface area contributed by atoms with Crippen molar-refractivity contribution in [2.45, 2.75) is 64.6 Å². The topological polar surface area (TPSA) is 83.8 Å². The quantitative estimate of drug-likeness (QED) is 0.293. The van der Waals surface area contributed by atoms with Crippen molar-refractivity contribution in [2.75, 3.05) is 6.61 Å². The van der Waals surface area contributed by atoms with Gasteiger partial charge in [0.1, 0.15) is 0 Å². The molecular weight excluding hydrogens is 300 g/mol. The first-order valence-corrected chi connectivity index (χ1v) is 10.4. The number of unbranched alkanes of at least 4 members (excludes halogenated alkanes) is 1. The molecule has 2 N–H and O–H groups in total. The molecule has 6 heteroatoms. The summed E-state index contributed by atoms with van der Waals surface area (Å²) in [6.07, 6.45) is 5.92. The zero-order valence-electron chi connectivity index (χ0n) is 14.2. The van der Waals surface area contributed by atoms with Gasteiger partial charge in [0.2, 0.25) is 0 Å². The van der Waals surface area contributed by atoms with Gasteiger partial charge in [0.15, 0.2) is 13.7 Å². The van der Waals surface area contributed by atoms with Gasteiger partial charge >= 0.3 is 11.9 Å². The second-order valence-corrected chi connectivity index (χ2v) is 11.9. The van der Waals surface area contributed by atoms with Gasteiger partial charge in [-0.05, 0) is 37.4 Å². The van der Waals surface area contributed by atoms with Crippen molar-refractivity contribution in [2.24, 2.45) is 5.41 Å². The Bertz CT molecular complexity index is 428. The zero-order valence-corrected chi connectivity index (χ0v) is 15.2. The second kappa shape index (κ2) is 7.79. The van der Waals surface area contributed by atoms with Gasteiger partial charge in [-0.2, -0.15) is 0 Å². The molecule has 0 aliphatic rings. The molecule has 0 rings (SSSR count). The van der Waals surface area contributed by atoms with Crippen LogP contribution in [0.2, 0.25) is 18.1 Å². The highest BCUT2D eigenvalue weighted by Gasteiger charge is 2.45. The molecule has 0 atom stereocenters. The van der Waals surface area contributed by atoms with E-state index in [1.807, 2.05) is 0 Å². The highest BCUT2D eigenvalue weighted by molar-refractivity contribution is 6.74. The molecule has 126 valence electrons. The summed E-state index contributed by atoms with van der Waals surface area (Å²) in [5.74, 6) is -0.574. The van der Waals surface area contributed by atoms with E-state index in [0.717, 1.165) is 0 Å². The average Bonchev–Trinajstić information content (AvgIpc) is 2.34. The van der Waals surface area contributed by atoms with E-state index >= 15 is 0 Å². The minimum absolute atomic E-state index is 0.0166. The number of rotatable bonds is 9. The summed E-state index contributed by atoms with van der Waals surface area (Å²) in [6, 6.07) is 0. The van der Waals surface area contributed by atoms with Crippen LogP contribution in [0.5, 0.6) is 0 Å². The number of aliphatic carboxylic acids is 2. The van der Waals surface area contributed by atoms with E-state index in [0.29, 0.717) is 19.4 Å². The zero-order chi connectivity index (χ0) is 17.6. The van der Waals surface area contributed by atoms with Gasteiger partial charge < -0.3 is 14.6 Å². The largest absolute Gasteiger partial charge is 0.480 e. The normalized spacial score (nSPS) is 12.7. The second-order valence-electron chi connectivity index (χ2n) is 7.14. The van der Waals surface area contributed by atoms with E-state index in [2.05, 4.69) is 39.8 Å². The molecule has 0 amide bonds. The van der Waals surface area contributed by atoms with Crippen molar-refractivity contribution < 1.29 is 24.2 Å². The third kappa shape index (κ3) is 5.15. The maximum Gasteiger partial charge on any atom is 0.322 e. The predicted molar refractivity (Wildman–Crippen MR) is 88.2 cm³/mol. The molecule has 0 heterocycles. The highest BCUT2D eigenvalue weighted by Crippen LogP contribution is 2.37. The molecule has 0 radical (unpaired) electrons. The monoisotopic (exact) mass is 328 g/mol. The van der Waals surface area contributed by atoms with Gasteiger partial charge in [-0.3, -0.25) is 9.59 Å². The lowest BCUT2D eigenvalue weighted by Crippen LogP contribution is -2.41. The van der Waals surface area contributed by atoms with Crippen molar-refractivity contribution in [3.05, 3.63) is 0 Å². The molecular formula is C16H28O5Si. The number of carbonyl (C=O) groups is 2. The van der Waals surface area contributed by atoms with Crippen LogP contribution >= 0.6 is 0 Å². The molecule has 0 aliphatic heterocycles. The summed E-state index contributed by atoms with van der Waals surface area (Å²) in [5, 5.41) is 18.5. The Balaban J connectivity index is 4.53. The molecule has 0 aliphatic carbocycles. The van der Waals surface area contributed by atoms with E-state index in [1.54, 1.807) is 0 Å². The van der Waals surface area contributed by atoms with Crippen LogP contribution in [-0.2, 0) is 14.0 Å². The summed E-state index contributed by atoms with van der Waals surface area (Å²) in [4.78, 5) is 22.6. The van der Waals surface area contributed by atoms with Crippen LogP contribution in [-0.4, -0.2) is 37.1 Å². The Morgan fingerprint density at radius 1 is 1.14 bits per heavy atom. The van der Waals surface area contributed by atoms with E-state index in [-0.39, 0.29) is 17.9 Å². The number of terminal acetylenes is 1. The fourth-order valence-electron chi connectivity index (χ4n) is 1.79. The van der Waals surface area contributed by atoms with E-state index in [1.165, 1.54) is 0 Å². The van der Waals surface area contributed by atoms with E-state index < -0.39 is 25.7 Å². The van der Waals surface area contributed by atoms with Crippen molar-refractivity contribution >= 4 is 20.3 Å². The number of carboxylic acid groups (broad SMARTS) is 2. The van der Waals surface area contributed by atoms with E-state index in [4.69, 9.17) is 10.8 Å². The number of hydrogen-bond donors (Lipinski definition) is 2. The first kappa shape index (κ1) is 20.7. The SMILES string of the molecule is C#CCC(CCCCO[Si](C)(C)C(C)(C)C)(C(=O)O)C(=O)O. The van der Waals surface area contributed by atoms with E-state index in [9.17, 15) is 19.8 Å². The maximum absolute atomic E-state index is 11.3. The summed E-state index contributed by atoms with van der Waals surface area (Å²) >= 11 is 0. The molecule has 0 bridgehead atoms. The Kier molecular flexibility index (Phi) is 7.32. The van der Waals surface area contributed by atoms with Gasteiger partial charge in [-0.25, -0.2) is 0 Å². The number of hydrogen-bond acceptors (Lipinski definition) is 3. The standard InChI is InChI=1S/C16H28O5Si/c1-7-10-16(13(17)18,14(19)20)11-8-9-12-21-22(5,6)15(2,3)4/h1H,8-12H2,2-6H3,(H,17,18)(H,19,20). The summed E-state index contributed by atoms with van der Waals surface area (Å²) in [7, 11) is -1.82. The summed E-state index contributed by atoms with van der Waals surface area (Å²) in [5.41, 5.74) is -1.88. The van der Waals surface area contributed by atoms with Crippen LogP contribution in [0.15, 0.2) is 0 Å². The van der Waals surface area contributed by atoms with Gasteiger partial charge in [0.25, 0.3) is 0 Å². The average molecular weight is 328 g/mol. The Labute approximate surface area is 134 Å². The predicted octanol–water partition coefficient (Wildman–Crippen LogP) is 3.36. The molecule has 0 saturated carbocycles. The summed E-state index contributed by atoms with van der Waals surface area (Å²) < 4.78 is 5.99. The van der Waals surface area contributed by atoms with Crippen LogP contribution < -0.4 is 0 Å². The molecule has 0 spiro atoms. The molecule has 0 aromatic rings. The molecule has 0 unspecified atom stereocenters. The molecule has 0 aromatic heterocycles. The fraction of sp³-hybridized carbons (Fsp3) is 0.750. The van der Waals surface area contributed by atoms with Crippen molar-refractivity contribution in [3.63, 3.8) is 0 Å². The molecule has 5 nitrogen and oxygen atoms in total. The smallest absolute Gasteiger partial charge is 0.322 e. The van der Waals surface area contributed by atoms with Gasteiger partial charge in [0, 0.05) is 13.0 Å². The minimum atomic E-state index is -1.88.